The molecule has 0 saturated carbocycles. The van der Waals surface area contributed by atoms with E-state index in [0.29, 0.717) is 29.0 Å². The van der Waals surface area contributed by atoms with E-state index in [1.165, 1.54) is 12.1 Å². The van der Waals surface area contributed by atoms with Crippen LogP contribution in [-0.2, 0) is 4.74 Å². The van der Waals surface area contributed by atoms with Crippen LogP contribution in [0.3, 0.4) is 0 Å². The van der Waals surface area contributed by atoms with Gasteiger partial charge in [0.05, 0.1) is 28.7 Å². The molecule has 3 rings (SSSR count). The first-order valence-corrected chi connectivity index (χ1v) is 7.85. The summed E-state index contributed by atoms with van der Waals surface area (Å²) >= 11 is 0. The highest BCUT2D eigenvalue weighted by molar-refractivity contribution is 5.88. The maximum absolute atomic E-state index is 10.9. The van der Waals surface area contributed by atoms with Crippen LogP contribution in [-0.4, -0.2) is 36.7 Å². The van der Waals surface area contributed by atoms with Crippen LogP contribution in [0.15, 0.2) is 24.3 Å². The van der Waals surface area contributed by atoms with Crippen molar-refractivity contribution in [2.45, 2.75) is 12.8 Å². The molecule has 0 spiro atoms. The summed E-state index contributed by atoms with van der Waals surface area (Å²) in [6.45, 7) is 2.43. The number of non-ortho nitro benzene ring substituents is 1. The lowest BCUT2D eigenvalue weighted by molar-refractivity contribution is -0.384. The van der Waals surface area contributed by atoms with Crippen LogP contribution in [0.2, 0.25) is 0 Å². The van der Waals surface area contributed by atoms with Gasteiger partial charge in [-0.25, -0.2) is 4.98 Å². The Hall–Kier alpha value is -2.72. The number of methoxy groups -OCH3 is 1. The number of aromatic nitrogens is 1. The Morgan fingerprint density at radius 2 is 2.33 bits per heavy atom. The number of nitro groups is 1. The van der Waals surface area contributed by atoms with Gasteiger partial charge in [0, 0.05) is 37.7 Å². The molecule has 124 valence electrons. The third-order valence-electron chi connectivity index (χ3n) is 4.36. The molecule has 0 N–H and O–H groups in total. The summed E-state index contributed by atoms with van der Waals surface area (Å²) in [6, 6.07) is 8.30. The Labute approximate surface area is 139 Å². The highest BCUT2D eigenvalue weighted by Crippen LogP contribution is 2.28. The standard InChI is InChI=1S/C17H18N4O3/c1-24-11-12-3-2-6-20(10-12)17-7-13(9-18)15-8-14(21(22)23)4-5-16(15)19-17/h4-5,7-8,12H,2-3,6,10-11H2,1H3. The normalized spacial score (nSPS) is 17.7. The van der Waals surface area contributed by atoms with Crippen molar-refractivity contribution >= 4 is 22.4 Å². The highest BCUT2D eigenvalue weighted by atomic mass is 16.6. The molecule has 7 heteroatoms. The average Bonchev–Trinajstić information content (AvgIpc) is 2.60. The number of ether oxygens (including phenoxy) is 1. The molecular weight excluding hydrogens is 308 g/mol. The number of nitrogens with zero attached hydrogens (tertiary/aromatic N) is 4. The molecule has 7 nitrogen and oxygen atoms in total. The average molecular weight is 326 g/mol. The molecule has 24 heavy (non-hydrogen) atoms. The van der Waals surface area contributed by atoms with Crippen LogP contribution in [0.5, 0.6) is 0 Å². The first-order valence-electron chi connectivity index (χ1n) is 7.85. The summed E-state index contributed by atoms with van der Waals surface area (Å²) in [5.41, 5.74) is 0.975. The lowest BCUT2D eigenvalue weighted by Crippen LogP contribution is -2.37. The van der Waals surface area contributed by atoms with Crippen molar-refractivity contribution < 1.29 is 9.66 Å². The SMILES string of the molecule is COCC1CCCN(c2cc(C#N)c3cc([N+](=O)[O-])ccc3n2)C1. The molecule has 0 aliphatic carbocycles. The Bertz CT molecular complexity index is 813. The first-order chi connectivity index (χ1) is 11.6. The van der Waals surface area contributed by atoms with Gasteiger partial charge in [0.1, 0.15) is 5.82 Å². The van der Waals surface area contributed by atoms with E-state index in [9.17, 15) is 15.4 Å². The Kier molecular flexibility index (Phi) is 4.58. The number of hydrogen-bond donors (Lipinski definition) is 0. The van der Waals surface area contributed by atoms with Crippen molar-refractivity contribution in [3.8, 4) is 6.07 Å². The molecule has 0 radical (unpaired) electrons. The lowest BCUT2D eigenvalue weighted by Gasteiger charge is -2.33. The first kappa shape index (κ1) is 16.1. The van der Waals surface area contributed by atoms with E-state index in [2.05, 4.69) is 16.0 Å². The Morgan fingerprint density at radius 1 is 1.50 bits per heavy atom. The summed E-state index contributed by atoms with van der Waals surface area (Å²) < 4.78 is 5.25. The minimum Gasteiger partial charge on any atom is -0.384 e. The molecule has 1 aliphatic heterocycles. The number of hydrogen-bond acceptors (Lipinski definition) is 6. The zero-order valence-electron chi connectivity index (χ0n) is 13.4. The molecule has 0 amide bonds. The summed E-state index contributed by atoms with van der Waals surface area (Å²) in [5.74, 6) is 1.19. The second kappa shape index (κ2) is 6.81. The van der Waals surface area contributed by atoms with Gasteiger partial charge < -0.3 is 9.64 Å². The van der Waals surface area contributed by atoms with Crippen LogP contribution in [0.25, 0.3) is 10.9 Å². The number of benzene rings is 1. The van der Waals surface area contributed by atoms with Gasteiger partial charge >= 0.3 is 0 Å². The molecule has 2 heterocycles. The zero-order valence-corrected chi connectivity index (χ0v) is 13.4. The maximum Gasteiger partial charge on any atom is 0.270 e. The van der Waals surface area contributed by atoms with Crippen molar-refractivity contribution in [1.82, 2.24) is 4.98 Å². The van der Waals surface area contributed by atoms with Gasteiger partial charge in [0.2, 0.25) is 0 Å². The topological polar surface area (TPSA) is 92.3 Å². The highest BCUT2D eigenvalue weighted by Gasteiger charge is 2.22. The van der Waals surface area contributed by atoms with Crippen LogP contribution in [0.1, 0.15) is 18.4 Å². The predicted molar refractivity (Wildman–Crippen MR) is 89.9 cm³/mol. The molecule has 2 aromatic rings. The molecule has 1 unspecified atom stereocenters. The fourth-order valence-corrected chi connectivity index (χ4v) is 3.21. The second-order valence-electron chi connectivity index (χ2n) is 6.01. The molecule has 0 bridgehead atoms. The van der Waals surface area contributed by atoms with Gasteiger partial charge in [0.25, 0.3) is 5.69 Å². The van der Waals surface area contributed by atoms with E-state index in [4.69, 9.17) is 4.74 Å². The van der Waals surface area contributed by atoms with Crippen LogP contribution in [0, 0.1) is 27.4 Å². The van der Waals surface area contributed by atoms with Crippen molar-refractivity contribution in [1.29, 1.82) is 5.26 Å². The van der Waals surface area contributed by atoms with Crippen LogP contribution in [0.4, 0.5) is 11.5 Å². The van der Waals surface area contributed by atoms with E-state index in [-0.39, 0.29) is 5.69 Å². The number of nitro benzene ring substituents is 1. The van der Waals surface area contributed by atoms with Gasteiger partial charge in [-0.2, -0.15) is 5.26 Å². The van der Waals surface area contributed by atoms with E-state index >= 15 is 0 Å². The molecule has 1 fully saturated rings. The van der Waals surface area contributed by atoms with Crippen molar-refractivity contribution in [3.63, 3.8) is 0 Å². The number of piperidine rings is 1. The molecule has 1 saturated heterocycles. The van der Waals surface area contributed by atoms with Crippen LogP contribution >= 0.6 is 0 Å². The smallest absolute Gasteiger partial charge is 0.270 e. The maximum atomic E-state index is 10.9. The van der Waals surface area contributed by atoms with Crippen molar-refractivity contribution in [2.75, 3.05) is 31.7 Å². The van der Waals surface area contributed by atoms with Gasteiger partial charge in [-0.3, -0.25) is 10.1 Å². The Morgan fingerprint density at radius 3 is 3.04 bits per heavy atom. The quantitative estimate of drug-likeness (QED) is 0.633. The van der Waals surface area contributed by atoms with E-state index in [1.807, 2.05) is 0 Å². The lowest BCUT2D eigenvalue weighted by atomic mass is 9.98. The summed E-state index contributed by atoms with van der Waals surface area (Å²) in [5, 5.41) is 20.9. The third-order valence-corrected chi connectivity index (χ3v) is 4.36. The van der Waals surface area contributed by atoms with Gasteiger partial charge in [-0.15, -0.1) is 0 Å². The minimum atomic E-state index is -0.464. The summed E-state index contributed by atoms with van der Waals surface area (Å²) in [4.78, 5) is 17.3. The van der Waals surface area contributed by atoms with Gasteiger partial charge in [-0.05, 0) is 30.9 Å². The van der Waals surface area contributed by atoms with Crippen LogP contribution < -0.4 is 4.90 Å². The largest absolute Gasteiger partial charge is 0.384 e. The van der Waals surface area contributed by atoms with Crippen molar-refractivity contribution in [2.24, 2.45) is 5.92 Å². The van der Waals surface area contributed by atoms with Gasteiger partial charge in [0.15, 0.2) is 0 Å². The molecule has 1 aromatic heterocycles. The van der Waals surface area contributed by atoms with Gasteiger partial charge in [-0.1, -0.05) is 0 Å². The van der Waals surface area contributed by atoms with Crippen molar-refractivity contribution in [3.05, 3.63) is 39.9 Å². The monoisotopic (exact) mass is 326 g/mol. The zero-order chi connectivity index (χ0) is 17.1. The molecule has 1 aromatic carbocycles. The number of pyridine rings is 1. The van der Waals surface area contributed by atoms with E-state index in [1.54, 1.807) is 19.2 Å². The predicted octanol–water partition coefficient (Wildman–Crippen LogP) is 2.88. The summed E-state index contributed by atoms with van der Waals surface area (Å²) in [7, 11) is 1.70. The number of anilines is 1. The Balaban J connectivity index is 1.99. The molecule has 1 aliphatic rings. The number of fused-ring (bicyclic) bond motifs is 1. The van der Waals surface area contributed by atoms with E-state index < -0.39 is 4.92 Å². The fourth-order valence-electron chi connectivity index (χ4n) is 3.21. The van der Waals surface area contributed by atoms with E-state index in [0.717, 1.165) is 31.7 Å². The number of rotatable bonds is 4. The third kappa shape index (κ3) is 3.14. The molecule has 1 atom stereocenters. The minimum absolute atomic E-state index is 0.0355. The second-order valence-corrected chi connectivity index (χ2v) is 6.01. The summed E-state index contributed by atoms with van der Waals surface area (Å²) in [6.07, 6.45) is 2.17. The fraction of sp³-hybridized carbons (Fsp3) is 0.412. The number of nitriles is 1. The molecular formula is C17H18N4O3.